The van der Waals surface area contributed by atoms with E-state index in [0.29, 0.717) is 0 Å². The number of hydrogen-bond acceptors (Lipinski definition) is 3. The predicted molar refractivity (Wildman–Crippen MR) is 72.8 cm³/mol. The third kappa shape index (κ3) is 5.39. The second-order valence-corrected chi connectivity index (χ2v) is 6.57. The van der Waals surface area contributed by atoms with Gasteiger partial charge in [-0.15, -0.1) is 0 Å². The van der Waals surface area contributed by atoms with E-state index in [2.05, 4.69) is 0 Å². The second kappa shape index (κ2) is 6.44. The van der Waals surface area contributed by atoms with Crippen LogP contribution in [0.3, 0.4) is 0 Å². The van der Waals surface area contributed by atoms with Gasteiger partial charge in [-0.2, -0.15) is 21.6 Å². The van der Waals surface area contributed by atoms with Crippen molar-refractivity contribution < 1.29 is 35.3 Å². The SMILES string of the molecule is O=C(NC(CS(=O)(=O)O)C(F)(F)F)c1c(F)cccc1I. The lowest BCUT2D eigenvalue weighted by Crippen LogP contribution is -2.49. The number of carbonyl (C=O) groups is 1. The Bertz CT molecular complexity index is 627. The van der Waals surface area contributed by atoms with E-state index < -0.39 is 45.4 Å². The minimum Gasteiger partial charge on any atom is -0.339 e. The van der Waals surface area contributed by atoms with Gasteiger partial charge in [0, 0.05) is 3.57 Å². The lowest BCUT2D eigenvalue weighted by Gasteiger charge is -2.20. The Morgan fingerprint density at radius 1 is 1.38 bits per heavy atom. The summed E-state index contributed by atoms with van der Waals surface area (Å²) in [6.07, 6.45) is -5.12. The molecule has 1 amide bonds. The topological polar surface area (TPSA) is 83.5 Å². The molecule has 0 fully saturated rings. The molecule has 0 spiro atoms. The van der Waals surface area contributed by atoms with Crippen LogP contribution in [0.25, 0.3) is 0 Å². The minimum atomic E-state index is -5.12. The van der Waals surface area contributed by atoms with E-state index in [1.165, 1.54) is 17.4 Å². The molecular weight excluding hydrogens is 433 g/mol. The van der Waals surface area contributed by atoms with Crippen molar-refractivity contribution in [3.8, 4) is 0 Å². The normalized spacial score (nSPS) is 13.8. The Kier molecular flexibility index (Phi) is 5.55. The fourth-order valence-corrected chi connectivity index (χ4v) is 2.78. The predicted octanol–water partition coefficient (Wildman–Crippen LogP) is 1.98. The quantitative estimate of drug-likeness (QED) is 0.426. The lowest BCUT2D eigenvalue weighted by atomic mass is 10.2. The molecule has 0 aliphatic carbocycles. The largest absolute Gasteiger partial charge is 0.409 e. The summed E-state index contributed by atoms with van der Waals surface area (Å²) in [5, 5.41) is 1.36. The average Bonchev–Trinajstić information content (AvgIpc) is 2.24. The monoisotopic (exact) mass is 441 g/mol. The first kappa shape index (κ1) is 18.1. The molecule has 1 aromatic rings. The number of hydrogen-bond donors (Lipinski definition) is 2. The molecule has 1 atom stereocenters. The third-order valence-corrected chi connectivity index (χ3v) is 3.92. The number of amides is 1. The van der Waals surface area contributed by atoms with Crippen molar-refractivity contribution in [1.82, 2.24) is 5.32 Å². The summed E-state index contributed by atoms with van der Waals surface area (Å²) >= 11 is 1.55. The molecule has 0 aromatic heterocycles. The molecule has 0 saturated heterocycles. The maximum Gasteiger partial charge on any atom is 0.409 e. The number of halogens is 5. The van der Waals surface area contributed by atoms with E-state index in [9.17, 15) is 30.8 Å². The molecule has 0 heterocycles. The summed E-state index contributed by atoms with van der Waals surface area (Å²) in [7, 11) is -4.98. The van der Waals surface area contributed by atoms with Crippen molar-refractivity contribution in [2.75, 3.05) is 5.75 Å². The van der Waals surface area contributed by atoms with Gasteiger partial charge in [0.2, 0.25) is 0 Å². The van der Waals surface area contributed by atoms with Crippen molar-refractivity contribution in [3.63, 3.8) is 0 Å². The van der Waals surface area contributed by atoms with Gasteiger partial charge in [0.1, 0.15) is 17.6 Å². The van der Waals surface area contributed by atoms with Gasteiger partial charge in [0.05, 0.1) is 5.56 Å². The van der Waals surface area contributed by atoms with Gasteiger partial charge in [0.15, 0.2) is 0 Å². The molecule has 0 aliphatic rings. The molecule has 11 heteroatoms. The van der Waals surface area contributed by atoms with Crippen molar-refractivity contribution in [2.24, 2.45) is 0 Å². The maximum absolute atomic E-state index is 13.5. The maximum atomic E-state index is 13.5. The highest BCUT2D eigenvalue weighted by atomic mass is 127. The van der Waals surface area contributed by atoms with Crippen LogP contribution in [0, 0.1) is 9.39 Å². The minimum absolute atomic E-state index is 0.0536. The Balaban J connectivity index is 3.07. The summed E-state index contributed by atoms with van der Waals surface area (Å²) in [4.78, 5) is 11.7. The van der Waals surface area contributed by atoms with Crippen LogP contribution in [0.1, 0.15) is 10.4 Å². The van der Waals surface area contributed by atoms with Crippen LogP contribution >= 0.6 is 22.6 Å². The first-order valence-electron chi connectivity index (χ1n) is 5.18. The van der Waals surface area contributed by atoms with E-state index in [1.54, 1.807) is 22.6 Å². The van der Waals surface area contributed by atoms with Crippen LogP contribution in [-0.4, -0.2) is 36.8 Å². The van der Waals surface area contributed by atoms with Crippen molar-refractivity contribution in [3.05, 3.63) is 33.1 Å². The van der Waals surface area contributed by atoms with Gasteiger partial charge in [0.25, 0.3) is 16.0 Å². The highest BCUT2D eigenvalue weighted by molar-refractivity contribution is 14.1. The van der Waals surface area contributed by atoms with Crippen LogP contribution in [0.4, 0.5) is 17.6 Å². The van der Waals surface area contributed by atoms with E-state index in [4.69, 9.17) is 4.55 Å². The van der Waals surface area contributed by atoms with Crippen LogP contribution in [-0.2, 0) is 10.1 Å². The molecule has 0 radical (unpaired) electrons. The molecule has 118 valence electrons. The molecule has 1 aromatic carbocycles. The number of rotatable bonds is 4. The first-order chi connectivity index (χ1) is 9.42. The first-order valence-corrected chi connectivity index (χ1v) is 7.87. The van der Waals surface area contributed by atoms with Gasteiger partial charge in [-0.1, -0.05) is 6.07 Å². The Labute approximate surface area is 130 Å². The lowest BCUT2D eigenvalue weighted by molar-refractivity contribution is -0.148. The molecule has 21 heavy (non-hydrogen) atoms. The highest BCUT2D eigenvalue weighted by Gasteiger charge is 2.43. The van der Waals surface area contributed by atoms with E-state index in [0.717, 1.165) is 6.07 Å². The fraction of sp³-hybridized carbons (Fsp3) is 0.300. The Hall–Kier alpha value is -0.950. The van der Waals surface area contributed by atoms with E-state index >= 15 is 0 Å². The highest BCUT2D eigenvalue weighted by Crippen LogP contribution is 2.23. The van der Waals surface area contributed by atoms with Gasteiger partial charge >= 0.3 is 6.18 Å². The molecule has 0 bridgehead atoms. The molecule has 2 N–H and O–H groups in total. The van der Waals surface area contributed by atoms with Gasteiger partial charge < -0.3 is 5.32 Å². The summed E-state index contributed by atoms with van der Waals surface area (Å²) in [5.74, 6) is -4.23. The van der Waals surface area contributed by atoms with Crippen molar-refractivity contribution >= 4 is 38.6 Å². The molecular formula is C10H8F4INO4S. The van der Waals surface area contributed by atoms with Gasteiger partial charge in [-0.25, -0.2) is 4.39 Å². The zero-order chi connectivity index (χ0) is 16.4. The Morgan fingerprint density at radius 3 is 2.38 bits per heavy atom. The third-order valence-electron chi connectivity index (χ3n) is 2.27. The van der Waals surface area contributed by atoms with Crippen molar-refractivity contribution in [1.29, 1.82) is 0 Å². The number of carbonyl (C=O) groups excluding carboxylic acids is 1. The summed E-state index contributed by atoms with van der Waals surface area (Å²) in [6, 6.07) is 0.579. The number of nitrogens with one attached hydrogen (secondary N) is 1. The van der Waals surface area contributed by atoms with Crippen LogP contribution in [0.5, 0.6) is 0 Å². The summed E-state index contributed by atoms with van der Waals surface area (Å²) in [5.41, 5.74) is -0.636. The summed E-state index contributed by atoms with van der Waals surface area (Å²) < 4.78 is 81.1. The zero-order valence-electron chi connectivity index (χ0n) is 9.99. The standard InChI is InChI=1S/C10H8F4INO4S/c11-5-2-1-3-6(15)8(5)9(17)16-7(10(12,13)14)4-21(18,19)20/h1-3,7H,4H2,(H,16,17)(H,18,19,20). The molecule has 0 saturated carbocycles. The van der Waals surface area contributed by atoms with E-state index in [-0.39, 0.29) is 3.57 Å². The molecule has 1 unspecified atom stereocenters. The van der Waals surface area contributed by atoms with E-state index in [1.807, 2.05) is 0 Å². The Morgan fingerprint density at radius 2 is 1.95 bits per heavy atom. The molecule has 1 rings (SSSR count). The smallest absolute Gasteiger partial charge is 0.339 e. The second-order valence-electron chi connectivity index (χ2n) is 3.91. The molecule has 5 nitrogen and oxygen atoms in total. The van der Waals surface area contributed by atoms with Crippen LogP contribution in [0.15, 0.2) is 18.2 Å². The summed E-state index contributed by atoms with van der Waals surface area (Å²) in [6.45, 7) is 0. The number of alkyl halides is 3. The van der Waals surface area contributed by atoms with Gasteiger partial charge in [-0.05, 0) is 34.7 Å². The number of benzene rings is 1. The fourth-order valence-electron chi connectivity index (χ4n) is 1.37. The average molecular weight is 441 g/mol. The zero-order valence-corrected chi connectivity index (χ0v) is 13.0. The van der Waals surface area contributed by atoms with Crippen LogP contribution in [0.2, 0.25) is 0 Å². The van der Waals surface area contributed by atoms with Gasteiger partial charge in [-0.3, -0.25) is 9.35 Å². The van der Waals surface area contributed by atoms with Crippen LogP contribution < -0.4 is 5.32 Å². The molecule has 0 aliphatic heterocycles. The van der Waals surface area contributed by atoms with Crippen molar-refractivity contribution in [2.45, 2.75) is 12.2 Å².